The van der Waals surface area contributed by atoms with Crippen LogP contribution in [-0.4, -0.2) is 14.7 Å². The smallest absolute Gasteiger partial charge is 0.175 e. The van der Waals surface area contributed by atoms with Gasteiger partial charge in [0.1, 0.15) is 5.82 Å². The number of sulfone groups is 1. The first kappa shape index (κ1) is 15.0. The highest BCUT2D eigenvalue weighted by molar-refractivity contribution is 7.90. The molecule has 2 aromatic carbocycles. The molecule has 6 heteroatoms. The highest BCUT2D eigenvalue weighted by atomic mass is 32.2. The fraction of sp³-hybridized carbons (Fsp3) is 0.133. The van der Waals surface area contributed by atoms with Gasteiger partial charge in [-0.05, 0) is 42.5 Å². The number of halogens is 1. The molecule has 21 heavy (non-hydrogen) atoms. The highest BCUT2D eigenvalue weighted by Crippen LogP contribution is 2.16. The molecule has 0 aromatic heterocycles. The Hall–Kier alpha value is -2.39. The fourth-order valence-corrected chi connectivity index (χ4v) is 2.43. The number of hydrogen-bond acceptors (Lipinski definition) is 4. The van der Waals surface area contributed by atoms with E-state index in [-0.39, 0.29) is 11.4 Å². The van der Waals surface area contributed by atoms with Gasteiger partial charge in [-0.1, -0.05) is 0 Å². The maximum atomic E-state index is 13.6. The standard InChI is InChI=1S/C15H13FN2O2S/c1-21(19,20)14-5-3-13(4-6-14)18-10-12-8-11(9-17)2-7-15(12)16/h2-8,18H,10H2,1H3. The number of hydrogen-bond donors (Lipinski definition) is 1. The molecule has 0 radical (unpaired) electrons. The van der Waals surface area contributed by atoms with Gasteiger partial charge in [0, 0.05) is 24.1 Å². The van der Waals surface area contributed by atoms with Crippen molar-refractivity contribution in [2.45, 2.75) is 11.4 Å². The van der Waals surface area contributed by atoms with E-state index in [1.165, 1.54) is 30.3 Å². The van der Waals surface area contributed by atoms with Crippen LogP contribution in [0.2, 0.25) is 0 Å². The van der Waals surface area contributed by atoms with E-state index in [0.717, 1.165) is 6.26 Å². The minimum atomic E-state index is -3.23. The van der Waals surface area contributed by atoms with Crippen molar-refractivity contribution >= 4 is 15.5 Å². The molecule has 4 nitrogen and oxygen atoms in total. The molecule has 108 valence electrons. The third-order valence-electron chi connectivity index (χ3n) is 2.94. The monoisotopic (exact) mass is 304 g/mol. The number of nitrogens with zero attached hydrogens (tertiary/aromatic N) is 1. The summed E-state index contributed by atoms with van der Waals surface area (Å²) in [5, 5.41) is 11.8. The second-order valence-corrected chi connectivity index (χ2v) is 6.58. The lowest BCUT2D eigenvalue weighted by Gasteiger charge is -2.08. The van der Waals surface area contributed by atoms with Gasteiger partial charge in [-0.2, -0.15) is 5.26 Å². The number of anilines is 1. The van der Waals surface area contributed by atoms with Gasteiger partial charge in [-0.15, -0.1) is 0 Å². The van der Waals surface area contributed by atoms with Crippen molar-refractivity contribution in [1.82, 2.24) is 0 Å². The van der Waals surface area contributed by atoms with Gasteiger partial charge in [-0.3, -0.25) is 0 Å². The van der Waals surface area contributed by atoms with Gasteiger partial charge in [0.05, 0.1) is 16.5 Å². The van der Waals surface area contributed by atoms with Crippen molar-refractivity contribution < 1.29 is 12.8 Å². The van der Waals surface area contributed by atoms with Crippen LogP contribution in [0.15, 0.2) is 47.4 Å². The number of benzene rings is 2. The molecule has 0 aliphatic rings. The summed E-state index contributed by atoms with van der Waals surface area (Å²) in [6.07, 6.45) is 1.14. The second-order valence-electron chi connectivity index (χ2n) is 4.57. The molecule has 0 aliphatic heterocycles. The van der Waals surface area contributed by atoms with Gasteiger partial charge in [0.15, 0.2) is 9.84 Å². The maximum Gasteiger partial charge on any atom is 0.175 e. The zero-order chi connectivity index (χ0) is 15.5. The fourth-order valence-electron chi connectivity index (χ4n) is 1.80. The Balaban J connectivity index is 2.12. The third-order valence-corrected chi connectivity index (χ3v) is 4.07. The van der Waals surface area contributed by atoms with E-state index in [0.29, 0.717) is 16.8 Å². The molecule has 0 heterocycles. The van der Waals surface area contributed by atoms with Crippen molar-refractivity contribution in [1.29, 1.82) is 5.26 Å². The van der Waals surface area contributed by atoms with E-state index in [4.69, 9.17) is 5.26 Å². The summed E-state index contributed by atoms with van der Waals surface area (Å²) in [6.45, 7) is 0.208. The molecule has 0 saturated heterocycles. The summed E-state index contributed by atoms with van der Waals surface area (Å²) in [6, 6.07) is 12.3. The van der Waals surface area contributed by atoms with E-state index in [1.807, 2.05) is 6.07 Å². The molecule has 2 rings (SSSR count). The zero-order valence-electron chi connectivity index (χ0n) is 11.3. The second kappa shape index (κ2) is 5.94. The molecular formula is C15H13FN2O2S. The van der Waals surface area contributed by atoms with Crippen molar-refractivity contribution in [3.05, 3.63) is 59.4 Å². The van der Waals surface area contributed by atoms with E-state index in [9.17, 15) is 12.8 Å². The lowest BCUT2D eigenvalue weighted by Crippen LogP contribution is -2.03. The average Bonchev–Trinajstić information content (AvgIpc) is 2.46. The van der Waals surface area contributed by atoms with Gasteiger partial charge >= 0.3 is 0 Å². The van der Waals surface area contributed by atoms with Crippen LogP contribution in [0.25, 0.3) is 0 Å². The van der Waals surface area contributed by atoms with Crippen LogP contribution in [-0.2, 0) is 16.4 Å². The lowest BCUT2D eigenvalue weighted by atomic mass is 10.1. The Labute approximate surface area is 122 Å². The first-order valence-corrected chi connectivity index (χ1v) is 8.02. The Morgan fingerprint density at radius 2 is 1.86 bits per heavy atom. The summed E-state index contributed by atoms with van der Waals surface area (Å²) < 4.78 is 36.3. The van der Waals surface area contributed by atoms with E-state index < -0.39 is 15.7 Å². The predicted octanol–water partition coefficient (Wildman–Crippen LogP) is 2.71. The molecule has 0 fully saturated rings. The maximum absolute atomic E-state index is 13.6. The Morgan fingerprint density at radius 1 is 1.19 bits per heavy atom. The van der Waals surface area contributed by atoms with Crippen LogP contribution in [0.5, 0.6) is 0 Å². The lowest BCUT2D eigenvalue weighted by molar-refractivity contribution is 0.602. The molecule has 0 unspecified atom stereocenters. The van der Waals surface area contributed by atoms with Crippen molar-refractivity contribution in [3.8, 4) is 6.07 Å². The van der Waals surface area contributed by atoms with Crippen LogP contribution >= 0.6 is 0 Å². The normalized spacial score (nSPS) is 10.9. The molecule has 2 aromatic rings. The SMILES string of the molecule is CS(=O)(=O)c1ccc(NCc2cc(C#N)ccc2F)cc1. The van der Waals surface area contributed by atoms with Gasteiger partial charge in [0.25, 0.3) is 0 Å². The summed E-state index contributed by atoms with van der Waals surface area (Å²) in [5.41, 5.74) is 1.44. The van der Waals surface area contributed by atoms with E-state index >= 15 is 0 Å². The predicted molar refractivity (Wildman–Crippen MR) is 78.0 cm³/mol. The minimum Gasteiger partial charge on any atom is -0.381 e. The largest absolute Gasteiger partial charge is 0.381 e. The van der Waals surface area contributed by atoms with Gasteiger partial charge in [0.2, 0.25) is 0 Å². The Kier molecular flexibility index (Phi) is 4.24. The molecule has 1 N–H and O–H groups in total. The molecule has 0 amide bonds. The third kappa shape index (κ3) is 3.80. The van der Waals surface area contributed by atoms with Crippen molar-refractivity contribution in [2.75, 3.05) is 11.6 Å². The Bertz CT molecular complexity index is 793. The summed E-state index contributed by atoms with van der Waals surface area (Å²) >= 11 is 0. The molecule has 0 atom stereocenters. The summed E-state index contributed by atoms with van der Waals surface area (Å²) in [7, 11) is -3.23. The minimum absolute atomic E-state index is 0.208. The first-order valence-electron chi connectivity index (χ1n) is 6.12. The quantitative estimate of drug-likeness (QED) is 0.943. The first-order chi connectivity index (χ1) is 9.90. The van der Waals surface area contributed by atoms with Crippen LogP contribution in [0.1, 0.15) is 11.1 Å². The number of nitrogens with one attached hydrogen (secondary N) is 1. The topological polar surface area (TPSA) is 70.0 Å². The number of rotatable bonds is 4. The van der Waals surface area contributed by atoms with Gasteiger partial charge < -0.3 is 5.32 Å². The van der Waals surface area contributed by atoms with E-state index in [1.54, 1.807) is 12.1 Å². The van der Waals surface area contributed by atoms with Crippen LogP contribution in [0, 0.1) is 17.1 Å². The van der Waals surface area contributed by atoms with Crippen LogP contribution < -0.4 is 5.32 Å². The molecule has 0 aliphatic carbocycles. The number of nitriles is 1. The van der Waals surface area contributed by atoms with Crippen molar-refractivity contribution in [2.24, 2.45) is 0 Å². The molecule has 0 spiro atoms. The summed E-state index contributed by atoms with van der Waals surface area (Å²) in [5.74, 6) is -0.394. The van der Waals surface area contributed by atoms with Crippen LogP contribution in [0.3, 0.4) is 0 Å². The van der Waals surface area contributed by atoms with Gasteiger partial charge in [-0.25, -0.2) is 12.8 Å². The zero-order valence-corrected chi connectivity index (χ0v) is 12.1. The molecular weight excluding hydrogens is 291 g/mol. The van der Waals surface area contributed by atoms with Crippen LogP contribution in [0.4, 0.5) is 10.1 Å². The van der Waals surface area contributed by atoms with E-state index in [2.05, 4.69) is 5.32 Å². The van der Waals surface area contributed by atoms with Crippen molar-refractivity contribution in [3.63, 3.8) is 0 Å². The molecule has 0 bridgehead atoms. The molecule has 0 saturated carbocycles. The average molecular weight is 304 g/mol. The Morgan fingerprint density at radius 3 is 2.43 bits per heavy atom. The highest BCUT2D eigenvalue weighted by Gasteiger charge is 2.07. The summed E-state index contributed by atoms with van der Waals surface area (Å²) in [4.78, 5) is 0.228.